The van der Waals surface area contributed by atoms with E-state index in [1.807, 2.05) is 36.4 Å². The minimum atomic E-state index is -0.250. The van der Waals surface area contributed by atoms with Gasteiger partial charge in [-0.1, -0.05) is 36.4 Å². The smallest absolute Gasteiger partial charge is 0.222 e. The van der Waals surface area contributed by atoms with Gasteiger partial charge in [0.05, 0.1) is 12.0 Å². The molecule has 1 atom stereocenters. The summed E-state index contributed by atoms with van der Waals surface area (Å²) < 4.78 is 5.54. The molecule has 1 unspecified atom stereocenters. The van der Waals surface area contributed by atoms with Gasteiger partial charge in [0.25, 0.3) is 0 Å². The maximum absolute atomic E-state index is 5.83. The second kappa shape index (κ2) is 5.57. The van der Waals surface area contributed by atoms with Crippen molar-refractivity contribution in [3.05, 3.63) is 71.9 Å². The summed E-state index contributed by atoms with van der Waals surface area (Å²) >= 11 is 0. The fraction of sp³-hybridized carbons (Fsp3) is 0.118. The Morgan fingerprint density at radius 1 is 1.09 bits per heavy atom. The summed E-state index contributed by atoms with van der Waals surface area (Å²) in [4.78, 5) is 16.4. The second-order valence-electron chi connectivity index (χ2n) is 5.28. The SMILES string of the molecule is Nc1nc(Cc2ccccc2)c2[nH]c(C3C=CC=CO3)nc2n1. The number of benzene rings is 1. The van der Waals surface area contributed by atoms with E-state index in [0.29, 0.717) is 17.9 Å². The lowest BCUT2D eigenvalue weighted by Crippen LogP contribution is -2.01. The number of hydrogen-bond acceptors (Lipinski definition) is 5. The number of nitrogen functional groups attached to an aromatic ring is 1. The van der Waals surface area contributed by atoms with E-state index in [4.69, 9.17) is 10.5 Å². The topological polar surface area (TPSA) is 89.7 Å². The Morgan fingerprint density at radius 2 is 1.96 bits per heavy atom. The van der Waals surface area contributed by atoms with Crippen molar-refractivity contribution >= 4 is 17.1 Å². The highest BCUT2D eigenvalue weighted by atomic mass is 16.5. The Hall–Kier alpha value is -3.15. The molecule has 0 bridgehead atoms. The van der Waals surface area contributed by atoms with Crippen LogP contribution in [0.1, 0.15) is 23.2 Å². The quantitative estimate of drug-likeness (QED) is 0.776. The molecular weight excluding hydrogens is 290 g/mol. The summed E-state index contributed by atoms with van der Waals surface area (Å²) in [5, 5.41) is 0. The molecule has 3 heterocycles. The van der Waals surface area contributed by atoms with Gasteiger partial charge in [-0.05, 0) is 17.7 Å². The first-order chi connectivity index (χ1) is 11.3. The van der Waals surface area contributed by atoms with Gasteiger partial charge < -0.3 is 15.5 Å². The number of nitrogens with one attached hydrogen (secondary N) is 1. The zero-order chi connectivity index (χ0) is 15.6. The minimum absolute atomic E-state index is 0.224. The predicted octanol–water partition coefficient (Wildman–Crippen LogP) is 2.67. The van der Waals surface area contributed by atoms with E-state index >= 15 is 0 Å². The molecule has 0 aliphatic carbocycles. The van der Waals surface area contributed by atoms with E-state index in [2.05, 4.69) is 32.1 Å². The summed E-state index contributed by atoms with van der Waals surface area (Å²) in [5.41, 5.74) is 9.17. The lowest BCUT2D eigenvalue weighted by atomic mass is 10.1. The van der Waals surface area contributed by atoms with Crippen molar-refractivity contribution in [3.63, 3.8) is 0 Å². The van der Waals surface area contributed by atoms with E-state index in [-0.39, 0.29) is 12.1 Å². The van der Waals surface area contributed by atoms with E-state index in [0.717, 1.165) is 16.8 Å². The number of imidazole rings is 1. The van der Waals surface area contributed by atoms with Crippen LogP contribution < -0.4 is 5.73 Å². The van der Waals surface area contributed by atoms with Gasteiger partial charge in [-0.2, -0.15) is 4.98 Å². The monoisotopic (exact) mass is 305 g/mol. The average molecular weight is 305 g/mol. The normalized spacial score (nSPS) is 16.6. The van der Waals surface area contributed by atoms with Crippen molar-refractivity contribution < 1.29 is 4.74 Å². The van der Waals surface area contributed by atoms with Crippen LogP contribution in [0.25, 0.3) is 11.2 Å². The standard InChI is InChI=1S/C17H15N5O/c18-17-19-12(10-11-6-2-1-3-7-11)14-16(22-17)21-15(20-14)13-8-4-5-9-23-13/h1-9,13H,10H2,(H3,18,19,20,21,22). The van der Waals surface area contributed by atoms with Crippen molar-refractivity contribution in [1.82, 2.24) is 19.9 Å². The Kier molecular flexibility index (Phi) is 3.27. The molecule has 1 aromatic carbocycles. The van der Waals surface area contributed by atoms with Crippen molar-refractivity contribution in [3.8, 4) is 0 Å². The van der Waals surface area contributed by atoms with Gasteiger partial charge in [-0.15, -0.1) is 0 Å². The number of ether oxygens (including phenoxy) is 1. The molecular formula is C17H15N5O. The zero-order valence-corrected chi connectivity index (χ0v) is 12.3. The molecule has 3 N–H and O–H groups in total. The number of allylic oxidation sites excluding steroid dienone is 2. The number of nitrogens with two attached hydrogens (primary N) is 1. The van der Waals surface area contributed by atoms with Crippen LogP contribution in [0.4, 0.5) is 5.95 Å². The molecule has 0 saturated carbocycles. The van der Waals surface area contributed by atoms with E-state index in [1.165, 1.54) is 0 Å². The Balaban J connectivity index is 1.76. The number of anilines is 1. The molecule has 114 valence electrons. The molecule has 0 saturated heterocycles. The molecule has 0 radical (unpaired) electrons. The van der Waals surface area contributed by atoms with Gasteiger partial charge in [0.2, 0.25) is 5.95 Å². The highest BCUT2D eigenvalue weighted by Gasteiger charge is 2.18. The third-order valence-corrected chi connectivity index (χ3v) is 3.65. The first-order valence-corrected chi connectivity index (χ1v) is 7.34. The zero-order valence-electron chi connectivity index (χ0n) is 12.3. The summed E-state index contributed by atoms with van der Waals surface area (Å²) in [6, 6.07) is 10.1. The molecule has 1 aliphatic heterocycles. The molecule has 1 aliphatic rings. The van der Waals surface area contributed by atoms with E-state index < -0.39 is 0 Å². The van der Waals surface area contributed by atoms with Crippen LogP contribution in [-0.2, 0) is 11.2 Å². The van der Waals surface area contributed by atoms with Gasteiger partial charge in [0.1, 0.15) is 5.52 Å². The number of fused-ring (bicyclic) bond motifs is 1. The van der Waals surface area contributed by atoms with Crippen LogP contribution >= 0.6 is 0 Å². The van der Waals surface area contributed by atoms with Crippen LogP contribution in [-0.4, -0.2) is 19.9 Å². The average Bonchev–Trinajstić information content (AvgIpc) is 3.01. The number of rotatable bonds is 3. The van der Waals surface area contributed by atoms with Crippen molar-refractivity contribution in [2.24, 2.45) is 0 Å². The van der Waals surface area contributed by atoms with Gasteiger partial charge >= 0.3 is 0 Å². The predicted molar refractivity (Wildman–Crippen MR) is 87.5 cm³/mol. The van der Waals surface area contributed by atoms with Crippen molar-refractivity contribution in [2.75, 3.05) is 5.73 Å². The molecule has 6 nitrogen and oxygen atoms in total. The number of H-pyrrole nitrogens is 1. The van der Waals surface area contributed by atoms with Crippen LogP contribution in [0.2, 0.25) is 0 Å². The van der Waals surface area contributed by atoms with Crippen molar-refractivity contribution in [2.45, 2.75) is 12.5 Å². The van der Waals surface area contributed by atoms with Crippen molar-refractivity contribution in [1.29, 1.82) is 0 Å². The van der Waals surface area contributed by atoms with Gasteiger partial charge in [0.15, 0.2) is 17.6 Å². The number of aromatic nitrogens is 4. The molecule has 6 heteroatoms. The number of nitrogens with zero attached hydrogens (tertiary/aromatic N) is 3. The van der Waals surface area contributed by atoms with Gasteiger partial charge in [-0.3, -0.25) is 0 Å². The minimum Gasteiger partial charge on any atom is -0.486 e. The molecule has 0 fully saturated rings. The summed E-state index contributed by atoms with van der Waals surface area (Å²) in [6.07, 6.45) is 7.73. The Labute approximate surface area is 132 Å². The fourth-order valence-electron chi connectivity index (χ4n) is 2.58. The molecule has 3 aromatic rings. The van der Waals surface area contributed by atoms with Crippen LogP contribution in [0.5, 0.6) is 0 Å². The largest absolute Gasteiger partial charge is 0.486 e. The molecule has 0 amide bonds. The Morgan fingerprint density at radius 3 is 2.74 bits per heavy atom. The highest BCUT2D eigenvalue weighted by Crippen LogP contribution is 2.24. The van der Waals surface area contributed by atoms with E-state index in [9.17, 15) is 0 Å². The molecule has 0 spiro atoms. The maximum atomic E-state index is 5.83. The lowest BCUT2D eigenvalue weighted by molar-refractivity contribution is 0.179. The first kappa shape index (κ1) is 13.5. The number of hydrogen-bond donors (Lipinski definition) is 2. The lowest BCUT2D eigenvalue weighted by Gasteiger charge is -2.11. The molecule has 23 heavy (non-hydrogen) atoms. The molecule has 2 aromatic heterocycles. The van der Waals surface area contributed by atoms with Gasteiger partial charge in [-0.25, -0.2) is 9.97 Å². The number of aromatic amines is 1. The first-order valence-electron chi connectivity index (χ1n) is 7.34. The summed E-state index contributed by atoms with van der Waals surface area (Å²) in [5.74, 6) is 0.913. The third kappa shape index (κ3) is 2.66. The van der Waals surface area contributed by atoms with E-state index in [1.54, 1.807) is 6.26 Å². The second-order valence-corrected chi connectivity index (χ2v) is 5.28. The fourth-order valence-corrected chi connectivity index (χ4v) is 2.58. The summed E-state index contributed by atoms with van der Waals surface area (Å²) in [6.45, 7) is 0. The maximum Gasteiger partial charge on any atom is 0.222 e. The van der Waals surface area contributed by atoms with Crippen LogP contribution in [0, 0.1) is 0 Å². The molecule has 4 rings (SSSR count). The highest BCUT2D eigenvalue weighted by molar-refractivity contribution is 5.75. The summed E-state index contributed by atoms with van der Waals surface area (Å²) in [7, 11) is 0. The van der Waals surface area contributed by atoms with Crippen LogP contribution in [0.3, 0.4) is 0 Å². The van der Waals surface area contributed by atoms with Crippen LogP contribution in [0.15, 0.2) is 54.8 Å². The Bertz CT molecular complexity index is 898. The third-order valence-electron chi connectivity index (χ3n) is 3.65. The van der Waals surface area contributed by atoms with Gasteiger partial charge in [0, 0.05) is 6.42 Å².